The van der Waals surface area contributed by atoms with Crippen molar-refractivity contribution in [2.24, 2.45) is 0 Å². The number of hydrogen-bond acceptors (Lipinski definition) is 7. The Morgan fingerprint density at radius 1 is 1.04 bits per heavy atom. The molecule has 1 heterocycles. The van der Waals surface area contributed by atoms with Crippen LogP contribution in [0.4, 0.5) is 33.2 Å². The van der Waals surface area contributed by atoms with Crippen LogP contribution in [0.3, 0.4) is 0 Å². The summed E-state index contributed by atoms with van der Waals surface area (Å²) in [6.45, 7) is 0. The largest absolute Gasteiger partial charge is 0.497 e. The summed E-state index contributed by atoms with van der Waals surface area (Å²) >= 11 is 0. The number of halogens is 1. The van der Waals surface area contributed by atoms with Crippen molar-refractivity contribution in [3.63, 3.8) is 0 Å². The lowest BCUT2D eigenvalue weighted by Crippen LogP contribution is -2.11. The minimum atomic E-state index is -3.50. The first-order valence-corrected chi connectivity index (χ1v) is 10.0. The predicted octanol–water partition coefficient (Wildman–Crippen LogP) is 3.48. The summed E-state index contributed by atoms with van der Waals surface area (Å²) in [6.07, 6.45) is 2.05. The third-order valence-corrected chi connectivity index (χ3v) is 4.14. The van der Waals surface area contributed by atoms with Crippen molar-refractivity contribution in [1.29, 1.82) is 0 Å². The van der Waals surface area contributed by atoms with Gasteiger partial charge in [0.25, 0.3) is 0 Å². The van der Waals surface area contributed by atoms with Crippen molar-refractivity contribution in [2.45, 2.75) is 0 Å². The number of nitrogens with zero attached hydrogens (tertiary/aromatic N) is 2. The second kappa shape index (κ2) is 8.09. The number of methoxy groups -OCH3 is 1. The molecule has 10 heteroatoms. The van der Waals surface area contributed by atoms with Gasteiger partial charge in [0.15, 0.2) is 11.6 Å². The minimum absolute atomic E-state index is 0.108. The van der Waals surface area contributed by atoms with Gasteiger partial charge in [-0.25, -0.2) is 17.8 Å². The van der Waals surface area contributed by atoms with Crippen LogP contribution in [0.15, 0.2) is 54.7 Å². The molecule has 0 radical (unpaired) electrons. The lowest BCUT2D eigenvalue weighted by Gasteiger charge is -2.13. The molecule has 0 aliphatic heterocycles. The zero-order chi connectivity index (χ0) is 20.1. The number of hydrogen-bond donors (Lipinski definition) is 3. The Kier molecular flexibility index (Phi) is 5.59. The first-order chi connectivity index (χ1) is 13.3. The molecule has 2 aromatic carbocycles. The molecule has 0 aliphatic rings. The van der Waals surface area contributed by atoms with E-state index in [2.05, 4.69) is 25.3 Å². The first kappa shape index (κ1) is 19.4. The predicted molar refractivity (Wildman–Crippen MR) is 106 cm³/mol. The van der Waals surface area contributed by atoms with Crippen LogP contribution in [-0.4, -0.2) is 31.8 Å². The maximum absolute atomic E-state index is 14.2. The third-order valence-electron chi connectivity index (χ3n) is 3.55. The average Bonchev–Trinajstić information content (AvgIpc) is 2.65. The van der Waals surface area contributed by atoms with Gasteiger partial charge in [0, 0.05) is 11.8 Å². The van der Waals surface area contributed by atoms with Crippen molar-refractivity contribution in [2.75, 3.05) is 28.7 Å². The van der Waals surface area contributed by atoms with E-state index in [1.54, 1.807) is 55.6 Å². The highest BCUT2D eigenvalue weighted by molar-refractivity contribution is 7.92. The molecule has 3 rings (SSSR count). The number of nitrogens with one attached hydrogen (secondary N) is 3. The molecule has 28 heavy (non-hydrogen) atoms. The molecule has 0 saturated heterocycles. The molecule has 3 N–H and O–H groups in total. The van der Waals surface area contributed by atoms with Gasteiger partial charge in [-0.3, -0.25) is 4.72 Å². The topological polar surface area (TPSA) is 105 Å². The van der Waals surface area contributed by atoms with Gasteiger partial charge in [-0.1, -0.05) is 18.2 Å². The number of ether oxygens (including phenoxy) is 1. The highest BCUT2D eigenvalue weighted by atomic mass is 32.2. The summed E-state index contributed by atoms with van der Waals surface area (Å²) in [5.41, 5.74) is 1.28. The van der Waals surface area contributed by atoms with Crippen LogP contribution in [0.1, 0.15) is 0 Å². The zero-order valence-electron chi connectivity index (χ0n) is 15.1. The molecular weight excluding hydrogens is 385 g/mol. The Morgan fingerprint density at radius 3 is 2.50 bits per heavy atom. The first-order valence-electron chi connectivity index (χ1n) is 8.11. The second-order valence-corrected chi connectivity index (χ2v) is 7.54. The maximum Gasteiger partial charge on any atom is 0.229 e. The maximum atomic E-state index is 14.2. The summed E-state index contributed by atoms with van der Waals surface area (Å²) in [5.74, 6) is 0.00504. The molecule has 0 atom stereocenters. The van der Waals surface area contributed by atoms with E-state index in [-0.39, 0.29) is 17.5 Å². The summed E-state index contributed by atoms with van der Waals surface area (Å²) < 4.78 is 44.8. The Labute approximate surface area is 161 Å². The fraction of sp³-hybridized carbons (Fsp3) is 0.111. The van der Waals surface area contributed by atoms with Gasteiger partial charge in [-0.15, -0.1) is 0 Å². The second-order valence-electron chi connectivity index (χ2n) is 5.79. The average molecular weight is 403 g/mol. The van der Waals surface area contributed by atoms with E-state index in [1.807, 2.05) is 0 Å². The van der Waals surface area contributed by atoms with Crippen molar-refractivity contribution in [3.05, 3.63) is 60.5 Å². The molecular formula is C18H18FN5O3S. The summed E-state index contributed by atoms with van der Waals surface area (Å²) in [4.78, 5) is 8.05. The number of anilines is 5. The SMILES string of the molecule is COc1cccc(Nc2ncc(F)c(Nc3ccccc3NS(C)(=O)=O)n2)c1. The van der Waals surface area contributed by atoms with Crippen LogP contribution in [-0.2, 0) is 10.0 Å². The van der Waals surface area contributed by atoms with Gasteiger partial charge in [-0.2, -0.15) is 4.98 Å². The van der Waals surface area contributed by atoms with Gasteiger partial charge in [0.05, 0.1) is 30.9 Å². The lowest BCUT2D eigenvalue weighted by molar-refractivity contribution is 0.415. The van der Waals surface area contributed by atoms with Crippen LogP contribution in [0.2, 0.25) is 0 Å². The molecule has 0 fully saturated rings. The summed E-state index contributed by atoms with van der Waals surface area (Å²) in [5, 5.41) is 5.76. The number of benzene rings is 2. The molecule has 0 aliphatic carbocycles. The molecule has 0 unspecified atom stereocenters. The number of para-hydroxylation sites is 2. The Morgan fingerprint density at radius 2 is 1.79 bits per heavy atom. The molecule has 1 aromatic heterocycles. The molecule has 0 spiro atoms. The molecule has 3 aromatic rings. The van der Waals surface area contributed by atoms with E-state index in [0.717, 1.165) is 12.5 Å². The standard InChI is InChI=1S/C18H18FN5O3S/c1-27-13-7-5-6-12(10-13)21-18-20-11-14(19)17(23-18)22-15-8-3-4-9-16(15)24-28(2,25)26/h3-11,24H,1-2H3,(H2,20,21,22,23). The summed E-state index contributed by atoms with van der Waals surface area (Å²) in [6, 6.07) is 13.6. The normalized spacial score (nSPS) is 11.0. The van der Waals surface area contributed by atoms with Crippen molar-refractivity contribution in [3.8, 4) is 5.75 Å². The molecule has 8 nitrogen and oxygen atoms in total. The Balaban J connectivity index is 1.87. The van der Waals surface area contributed by atoms with E-state index in [0.29, 0.717) is 17.1 Å². The van der Waals surface area contributed by atoms with Crippen molar-refractivity contribution >= 4 is 38.9 Å². The van der Waals surface area contributed by atoms with Crippen LogP contribution in [0.25, 0.3) is 0 Å². The zero-order valence-corrected chi connectivity index (χ0v) is 15.9. The van der Waals surface area contributed by atoms with E-state index < -0.39 is 15.8 Å². The van der Waals surface area contributed by atoms with E-state index >= 15 is 0 Å². The van der Waals surface area contributed by atoms with E-state index in [4.69, 9.17) is 4.74 Å². The van der Waals surface area contributed by atoms with Gasteiger partial charge < -0.3 is 15.4 Å². The smallest absolute Gasteiger partial charge is 0.229 e. The van der Waals surface area contributed by atoms with Crippen LogP contribution in [0.5, 0.6) is 5.75 Å². The van der Waals surface area contributed by atoms with Gasteiger partial charge >= 0.3 is 0 Å². The quantitative estimate of drug-likeness (QED) is 0.555. The fourth-order valence-electron chi connectivity index (χ4n) is 2.35. The number of rotatable bonds is 7. The monoisotopic (exact) mass is 403 g/mol. The highest BCUT2D eigenvalue weighted by Gasteiger charge is 2.12. The highest BCUT2D eigenvalue weighted by Crippen LogP contribution is 2.27. The Hall–Kier alpha value is -3.40. The van der Waals surface area contributed by atoms with Crippen LogP contribution >= 0.6 is 0 Å². The summed E-state index contributed by atoms with van der Waals surface area (Å²) in [7, 11) is -1.95. The van der Waals surface area contributed by atoms with E-state index in [9.17, 15) is 12.8 Å². The lowest BCUT2D eigenvalue weighted by atomic mass is 10.2. The van der Waals surface area contributed by atoms with Crippen LogP contribution in [0, 0.1) is 5.82 Å². The van der Waals surface area contributed by atoms with Crippen molar-refractivity contribution < 1.29 is 17.5 Å². The van der Waals surface area contributed by atoms with Crippen LogP contribution < -0.4 is 20.1 Å². The van der Waals surface area contributed by atoms with Crippen molar-refractivity contribution in [1.82, 2.24) is 9.97 Å². The minimum Gasteiger partial charge on any atom is -0.497 e. The Bertz CT molecular complexity index is 1090. The number of aromatic nitrogens is 2. The fourth-order valence-corrected chi connectivity index (χ4v) is 2.93. The molecule has 0 bridgehead atoms. The number of sulfonamides is 1. The van der Waals surface area contributed by atoms with Gasteiger partial charge in [0.1, 0.15) is 5.75 Å². The van der Waals surface area contributed by atoms with Gasteiger partial charge in [-0.05, 0) is 24.3 Å². The molecule has 0 saturated carbocycles. The third kappa shape index (κ3) is 5.07. The van der Waals surface area contributed by atoms with E-state index in [1.165, 1.54) is 0 Å². The van der Waals surface area contributed by atoms with Gasteiger partial charge in [0.2, 0.25) is 16.0 Å². The molecule has 146 valence electrons. The molecule has 0 amide bonds.